The molecular weight excluding hydrogens is 358 g/mol. The lowest BCUT2D eigenvalue weighted by Crippen LogP contribution is -2.35. The minimum atomic E-state index is 0.210. The SMILES string of the molecule is O=C(CCc1c[nH]c2ccccc12)N1CCc2[nH]c3ccc(Cl)cc3c2C1. The van der Waals surface area contributed by atoms with E-state index in [1.807, 2.05) is 41.4 Å². The van der Waals surface area contributed by atoms with Crippen LogP contribution >= 0.6 is 11.6 Å². The average molecular weight is 378 g/mol. The van der Waals surface area contributed by atoms with Crippen LogP contribution in [0, 0.1) is 0 Å². The van der Waals surface area contributed by atoms with Crippen LogP contribution in [0.25, 0.3) is 21.8 Å². The van der Waals surface area contributed by atoms with Crippen LogP contribution in [0.5, 0.6) is 0 Å². The number of nitrogens with zero attached hydrogens (tertiary/aromatic N) is 1. The summed E-state index contributed by atoms with van der Waals surface area (Å²) < 4.78 is 0. The normalized spacial score (nSPS) is 14.0. The molecule has 4 aromatic rings. The first kappa shape index (κ1) is 16.5. The number of benzene rings is 2. The van der Waals surface area contributed by atoms with Crippen LogP contribution in [0.1, 0.15) is 23.2 Å². The number of carbonyl (C=O) groups is 1. The van der Waals surface area contributed by atoms with Crippen molar-refractivity contribution < 1.29 is 4.79 Å². The molecule has 5 rings (SSSR count). The van der Waals surface area contributed by atoms with Gasteiger partial charge in [0, 0.05) is 70.2 Å². The zero-order valence-corrected chi connectivity index (χ0v) is 15.6. The van der Waals surface area contributed by atoms with Gasteiger partial charge < -0.3 is 14.9 Å². The van der Waals surface area contributed by atoms with Gasteiger partial charge in [0.15, 0.2) is 0 Å². The van der Waals surface area contributed by atoms with Crippen molar-refractivity contribution in [1.29, 1.82) is 0 Å². The molecule has 0 atom stereocenters. The molecule has 1 aliphatic heterocycles. The molecule has 1 aliphatic rings. The number of aryl methyl sites for hydroxylation is 1. The second-order valence-corrected chi connectivity index (χ2v) is 7.63. The number of H-pyrrole nitrogens is 2. The number of hydrogen-bond acceptors (Lipinski definition) is 1. The maximum absolute atomic E-state index is 12.8. The second-order valence-electron chi connectivity index (χ2n) is 7.20. The summed E-state index contributed by atoms with van der Waals surface area (Å²) in [6, 6.07) is 14.1. The van der Waals surface area contributed by atoms with E-state index in [0.717, 1.165) is 40.8 Å². The maximum atomic E-state index is 12.8. The van der Waals surface area contributed by atoms with Crippen molar-refractivity contribution in [2.75, 3.05) is 6.54 Å². The highest BCUT2D eigenvalue weighted by molar-refractivity contribution is 6.31. The molecule has 4 nitrogen and oxygen atoms in total. The fourth-order valence-electron chi connectivity index (χ4n) is 4.14. The van der Waals surface area contributed by atoms with Gasteiger partial charge in [0.2, 0.25) is 5.91 Å². The molecule has 0 unspecified atom stereocenters. The van der Waals surface area contributed by atoms with Crippen molar-refractivity contribution in [2.24, 2.45) is 0 Å². The number of amides is 1. The standard InChI is InChI=1S/C22H20ClN3O/c23-15-6-7-20-17(11-15)18-13-26(10-9-21(18)25-20)22(27)8-5-14-12-24-19-4-2-1-3-16(14)19/h1-4,6-7,11-12,24-25H,5,8-10,13H2. The van der Waals surface area contributed by atoms with E-state index in [0.29, 0.717) is 13.0 Å². The Morgan fingerprint density at radius 1 is 1.11 bits per heavy atom. The highest BCUT2D eigenvalue weighted by Crippen LogP contribution is 2.30. The number of halogens is 1. The van der Waals surface area contributed by atoms with Gasteiger partial charge in [0.25, 0.3) is 0 Å². The molecule has 3 heterocycles. The van der Waals surface area contributed by atoms with Crippen molar-refractivity contribution in [3.8, 4) is 0 Å². The third kappa shape index (κ3) is 2.90. The fraction of sp³-hybridized carbons (Fsp3) is 0.227. The van der Waals surface area contributed by atoms with Gasteiger partial charge in [-0.3, -0.25) is 4.79 Å². The van der Waals surface area contributed by atoms with Crippen molar-refractivity contribution >= 4 is 39.3 Å². The summed E-state index contributed by atoms with van der Waals surface area (Å²) in [4.78, 5) is 21.6. The highest BCUT2D eigenvalue weighted by Gasteiger charge is 2.24. The molecule has 2 N–H and O–H groups in total. The summed E-state index contributed by atoms with van der Waals surface area (Å²) in [5, 5.41) is 3.07. The van der Waals surface area contributed by atoms with Gasteiger partial charge in [-0.1, -0.05) is 29.8 Å². The Bertz CT molecular complexity index is 1160. The Morgan fingerprint density at radius 3 is 2.93 bits per heavy atom. The summed E-state index contributed by atoms with van der Waals surface area (Å²) in [5.74, 6) is 0.210. The Kier molecular flexibility index (Phi) is 3.94. The summed E-state index contributed by atoms with van der Waals surface area (Å²) in [6.07, 6.45) is 4.17. The lowest BCUT2D eigenvalue weighted by Gasteiger charge is -2.27. The molecule has 0 spiro atoms. The Morgan fingerprint density at radius 2 is 2.00 bits per heavy atom. The molecular formula is C22H20ClN3O. The monoisotopic (exact) mass is 377 g/mol. The molecule has 1 amide bonds. The van der Waals surface area contributed by atoms with Crippen LogP contribution in [0.3, 0.4) is 0 Å². The Hall–Kier alpha value is -2.72. The van der Waals surface area contributed by atoms with Crippen LogP contribution in [0.2, 0.25) is 5.02 Å². The smallest absolute Gasteiger partial charge is 0.223 e. The van der Waals surface area contributed by atoms with Gasteiger partial charge in [-0.25, -0.2) is 0 Å². The van der Waals surface area contributed by atoms with E-state index in [-0.39, 0.29) is 5.91 Å². The number of carbonyl (C=O) groups excluding carboxylic acids is 1. The topological polar surface area (TPSA) is 51.9 Å². The number of nitrogens with one attached hydrogen (secondary N) is 2. The summed E-state index contributed by atoms with van der Waals surface area (Å²) in [5.41, 5.74) is 5.86. The van der Waals surface area contributed by atoms with E-state index in [9.17, 15) is 4.79 Å². The lowest BCUT2D eigenvalue weighted by molar-refractivity contribution is -0.132. The summed E-state index contributed by atoms with van der Waals surface area (Å²) >= 11 is 6.17. The Balaban J connectivity index is 1.33. The van der Waals surface area contributed by atoms with Crippen molar-refractivity contribution in [1.82, 2.24) is 14.9 Å². The van der Waals surface area contributed by atoms with Gasteiger partial charge in [0.05, 0.1) is 0 Å². The largest absolute Gasteiger partial charge is 0.361 e. The minimum Gasteiger partial charge on any atom is -0.361 e. The van der Waals surface area contributed by atoms with E-state index in [1.54, 1.807) is 0 Å². The van der Waals surface area contributed by atoms with E-state index >= 15 is 0 Å². The molecule has 5 heteroatoms. The minimum absolute atomic E-state index is 0.210. The first-order valence-corrected chi connectivity index (χ1v) is 9.68. The average Bonchev–Trinajstić information content (AvgIpc) is 3.26. The van der Waals surface area contributed by atoms with Crippen LogP contribution in [0.15, 0.2) is 48.7 Å². The fourth-order valence-corrected chi connectivity index (χ4v) is 4.31. The van der Waals surface area contributed by atoms with Crippen LogP contribution in [-0.4, -0.2) is 27.3 Å². The summed E-state index contributed by atoms with van der Waals surface area (Å²) in [7, 11) is 0. The number of aromatic amines is 2. The zero-order chi connectivity index (χ0) is 18.4. The van der Waals surface area contributed by atoms with Gasteiger partial charge in [-0.2, -0.15) is 0 Å². The molecule has 0 radical (unpaired) electrons. The van der Waals surface area contributed by atoms with E-state index in [1.165, 1.54) is 22.2 Å². The van der Waals surface area contributed by atoms with Crippen molar-refractivity contribution in [3.05, 3.63) is 70.5 Å². The molecule has 27 heavy (non-hydrogen) atoms. The van der Waals surface area contributed by atoms with E-state index in [2.05, 4.69) is 22.1 Å². The van der Waals surface area contributed by atoms with E-state index in [4.69, 9.17) is 11.6 Å². The molecule has 136 valence electrons. The highest BCUT2D eigenvalue weighted by atomic mass is 35.5. The number of fused-ring (bicyclic) bond motifs is 4. The first-order chi connectivity index (χ1) is 13.2. The number of para-hydroxylation sites is 1. The number of aromatic nitrogens is 2. The molecule has 2 aromatic heterocycles. The molecule has 2 aromatic carbocycles. The predicted octanol–water partition coefficient (Wildman–Crippen LogP) is 4.82. The zero-order valence-electron chi connectivity index (χ0n) is 14.9. The predicted molar refractivity (Wildman–Crippen MR) is 109 cm³/mol. The lowest BCUT2D eigenvalue weighted by atomic mass is 10.0. The van der Waals surface area contributed by atoms with Crippen LogP contribution < -0.4 is 0 Å². The third-order valence-corrected chi connectivity index (χ3v) is 5.81. The number of rotatable bonds is 3. The Labute approximate surface area is 162 Å². The van der Waals surface area contributed by atoms with E-state index < -0.39 is 0 Å². The molecule has 0 saturated heterocycles. The first-order valence-electron chi connectivity index (χ1n) is 9.31. The van der Waals surface area contributed by atoms with Crippen LogP contribution in [-0.2, 0) is 24.2 Å². The van der Waals surface area contributed by atoms with Gasteiger partial charge in [-0.05, 0) is 36.2 Å². The van der Waals surface area contributed by atoms with Gasteiger partial charge in [-0.15, -0.1) is 0 Å². The van der Waals surface area contributed by atoms with Crippen LogP contribution in [0.4, 0.5) is 0 Å². The quantitative estimate of drug-likeness (QED) is 0.528. The van der Waals surface area contributed by atoms with Crippen molar-refractivity contribution in [2.45, 2.75) is 25.8 Å². The second kappa shape index (κ2) is 6.46. The third-order valence-electron chi connectivity index (χ3n) is 5.57. The molecule has 0 bridgehead atoms. The molecule has 0 aliphatic carbocycles. The number of hydrogen-bond donors (Lipinski definition) is 2. The van der Waals surface area contributed by atoms with Gasteiger partial charge >= 0.3 is 0 Å². The maximum Gasteiger partial charge on any atom is 0.223 e. The molecule has 0 saturated carbocycles. The van der Waals surface area contributed by atoms with Gasteiger partial charge in [0.1, 0.15) is 0 Å². The molecule has 0 fully saturated rings. The summed E-state index contributed by atoms with van der Waals surface area (Å²) in [6.45, 7) is 1.42. The van der Waals surface area contributed by atoms with Crippen molar-refractivity contribution in [3.63, 3.8) is 0 Å².